The number of hydrogen-bond donors (Lipinski definition) is 1. The number of benzene rings is 1. The van der Waals surface area contributed by atoms with Crippen LogP contribution in [-0.2, 0) is 16.7 Å². The van der Waals surface area contributed by atoms with Crippen molar-refractivity contribution in [3.05, 3.63) is 35.4 Å². The van der Waals surface area contributed by atoms with Gasteiger partial charge in [-0.1, -0.05) is 45.0 Å². The summed E-state index contributed by atoms with van der Waals surface area (Å²) in [4.78, 5) is 0. The zero-order chi connectivity index (χ0) is 13.6. The van der Waals surface area contributed by atoms with Gasteiger partial charge >= 0.3 is 0 Å². The van der Waals surface area contributed by atoms with Crippen LogP contribution in [0.4, 0.5) is 0 Å². The highest BCUT2D eigenvalue weighted by molar-refractivity contribution is 5.27. The Morgan fingerprint density at radius 1 is 1.17 bits per heavy atom. The number of rotatable bonds is 6. The molecule has 0 aliphatic heterocycles. The van der Waals surface area contributed by atoms with Crippen LogP contribution in [0.25, 0.3) is 0 Å². The summed E-state index contributed by atoms with van der Waals surface area (Å²) in [5.74, 6) is 0. The molecule has 0 heterocycles. The zero-order valence-electron chi connectivity index (χ0n) is 12.4. The van der Waals surface area contributed by atoms with Gasteiger partial charge in [-0.2, -0.15) is 0 Å². The molecule has 1 unspecified atom stereocenters. The molecule has 1 aromatic carbocycles. The third-order valence-corrected chi connectivity index (χ3v) is 3.05. The molecule has 0 aromatic heterocycles. The second kappa shape index (κ2) is 6.91. The molecule has 1 atom stereocenters. The largest absolute Gasteiger partial charge is 0.380 e. The Hall–Kier alpha value is -0.860. The maximum atomic E-state index is 5.39. The first-order valence-corrected chi connectivity index (χ1v) is 6.84. The molecule has 1 rings (SSSR count). The van der Waals surface area contributed by atoms with E-state index in [0.29, 0.717) is 6.04 Å². The molecule has 18 heavy (non-hydrogen) atoms. The minimum atomic E-state index is 0.230. The standard InChI is InChI=1S/C16H27NO/c1-6-18-12-13(2)17-11-14-7-9-15(10-8-14)16(3,4)5/h7-10,13,17H,6,11-12H2,1-5H3. The molecule has 0 spiro atoms. The second-order valence-electron chi connectivity index (χ2n) is 5.89. The Morgan fingerprint density at radius 3 is 2.28 bits per heavy atom. The van der Waals surface area contributed by atoms with Crippen molar-refractivity contribution in [2.75, 3.05) is 13.2 Å². The van der Waals surface area contributed by atoms with Crippen LogP contribution in [0.3, 0.4) is 0 Å². The van der Waals surface area contributed by atoms with Gasteiger partial charge in [-0.25, -0.2) is 0 Å². The highest BCUT2D eigenvalue weighted by Gasteiger charge is 2.12. The highest BCUT2D eigenvalue weighted by Crippen LogP contribution is 2.22. The molecule has 0 saturated carbocycles. The quantitative estimate of drug-likeness (QED) is 0.833. The molecule has 1 aromatic rings. The molecule has 0 radical (unpaired) electrons. The molecule has 102 valence electrons. The lowest BCUT2D eigenvalue weighted by Crippen LogP contribution is -2.30. The van der Waals surface area contributed by atoms with E-state index in [1.54, 1.807) is 0 Å². The van der Waals surface area contributed by atoms with Gasteiger partial charge in [-0.05, 0) is 30.4 Å². The molecular formula is C16H27NO. The van der Waals surface area contributed by atoms with E-state index in [2.05, 4.69) is 57.3 Å². The fraction of sp³-hybridized carbons (Fsp3) is 0.625. The van der Waals surface area contributed by atoms with Crippen molar-refractivity contribution >= 4 is 0 Å². The van der Waals surface area contributed by atoms with E-state index in [9.17, 15) is 0 Å². The van der Waals surface area contributed by atoms with Gasteiger partial charge < -0.3 is 10.1 Å². The molecule has 0 bridgehead atoms. The summed E-state index contributed by atoms with van der Waals surface area (Å²) in [6.07, 6.45) is 0. The van der Waals surface area contributed by atoms with E-state index >= 15 is 0 Å². The molecule has 2 heteroatoms. The van der Waals surface area contributed by atoms with Crippen molar-refractivity contribution in [3.63, 3.8) is 0 Å². The van der Waals surface area contributed by atoms with Crippen molar-refractivity contribution < 1.29 is 4.74 Å². The van der Waals surface area contributed by atoms with Gasteiger partial charge in [0.2, 0.25) is 0 Å². The summed E-state index contributed by atoms with van der Waals surface area (Å²) in [7, 11) is 0. The van der Waals surface area contributed by atoms with Gasteiger partial charge in [0.05, 0.1) is 6.61 Å². The fourth-order valence-electron chi connectivity index (χ4n) is 1.77. The topological polar surface area (TPSA) is 21.3 Å². The van der Waals surface area contributed by atoms with Gasteiger partial charge in [0, 0.05) is 19.2 Å². The molecule has 1 N–H and O–H groups in total. The third-order valence-electron chi connectivity index (χ3n) is 3.05. The molecule has 0 aliphatic carbocycles. The number of ether oxygens (including phenoxy) is 1. The minimum absolute atomic E-state index is 0.230. The summed E-state index contributed by atoms with van der Waals surface area (Å²) in [5, 5.41) is 3.47. The van der Waals surface area contributed by atoms with Gasteiger partial charge in [-0.3, -0.25) is 0 Å². The van der Waals surface area contributed by atoms with Crippen LogP contribution >= 0.6 is 0 Å². The van der Waals surface area contributed by atoms with Crippen molar-refractivity contribution in [1.82, 2.24) is 5.32 Å². The summed E-state index contributed by atoms with van der Waals surface area (Å²) in [5.41, 5.74) is 2.94. The number of hydrogen-bond acceptors (Lipinski definition) is 2. The van der Waals surface area contributed by atoms with Crippen LogP contribution in [0, 0.1) is 0 Å². The van der Waals surface area contributed by atoms with E-state index in [4.69, 9.17) is 4.74 Å². The third kappa shape index (κ3) is 5.19. The Balaban J connectivity index is 2.44. The van der Waals surface area contributed by atoms with Gasteiger partial charge in [0.1, 0.15) is 0 Å². The Bertz CT molecular complexity index is 337. The monoisotopic (exact) mass is 249 g/mol. The SMILES string of the molecule is CCOCC(C)NCc1ccc(C(C)(C)C)cc1. The smallest absolute Gasteiger partial charge is 0.0616 e. The van der Waals surface area contributed by atoms with Crippen molar-refractivity contribution in [3.8, 4) is 0 Å². The lowest BCUT2D eigenvalue weighted by molar-refractivity contribution is 0.127. The average molecular weight is 249 g/mol. The van der Waals surface area contributed by atoms with Gasteiger partial charge in [-0.15, -0.1) is 0 Å². The second-order valence-corrected chi connectivity index (χ2v) is 5.89. The van der Waals surface area contributed by atoms with Crippen LogP contribution in [0.2, 0.25) is 0 Å². The van der Waals surface area contributed by atoms with Crippen LogP contribution in [-0.4, -0.2) is 19.3 Å². The first kappa shape index (κ1) is 15.2. The Labute approximate surface area is 112 Å². The van der Waals surface area contributed by atoms with Gasteiger partial charge in [0.25, 0.3) is 0 Å². The lowest BCUT2D eigenvalue weighted by atomic mass is 9.87. The Morgan fingerprint density at radius 2 is 1.78 bits per heavy atom. The maximum absolute atomic E-state index is 5.39. The molecular weight excluding hydrogens is 222 g/mol. The van der Waals surface area contributed by atoms with Crippen molar-refractivity contribution in [1.29, 1.82) is 0 Å². The highest BCUT2D eigenvalue weighted by atomic mass is 16.5. The maximum Gasteiger partial charge on any atom is 0.0616 e. The zero-order valence-corrected chi connectivity index (χ0v) is 12.4. The minimum Gasteiger partial charge on any atom is -0.380 e. The molecule has 0 amide bonds. The molecule has 0 aliphatic rings. The predicted octanol–water partition coefficient (Wildman–Crippen LogP) is 3.50. The first-order chi connectivity index (χ1) is 8.43. The summed E-state index contributed by atoms with van der Waals surface area (Å²) >= 11 is 0. The van der Waals surface area contributed by atoms with Gasteiger partial charge in [0.15, 0.2) is 0 Å². The van der Waals surface area contributed by atoms with E-state index in [0.717, 1.165) is 19.8 Å². The van der Waals surface area contributed by atoms with Crippen molar-refractivity contribution in [2.45, 2.75) is 52.6 Å². The van der Waals surface area contributed by atoms with Crippen LogP contribution in [0.1, 0.15) is 45.7 Å². The van der Waals surface area contributed by atoms with Crippen LogP contribution in [0.5, 0.6) is 0 Å². The lowest BCUT2D eigenvalue weighted by Gasteiger charge is -2.19. The van der Waals surface area contributed by atoms with Crippen molar-refractivity contribution in [2.24, 2.45) is 0 Å². The summed E-state index contributed by atoms with van der Waals surface area (Å²) in [6.45, 7) is 13.4. The average Bonchev–Trinajstić information content (AvgIpc) is 2.33. The fourth-order valence-corrected chi connectivity index (χ4v) is 1.77. The molecule has 0 fully saturated rings. The van der Waals surface area contributed by atoms with E-state index in [1.807, 2.05) is 6.92 Å². The molecule has 2 nitrogen and oxygen atoms in total. The van der Waals surface area contributed by atoms with E-state index in [1.165, 1.54) is 11.1 Å². The molecule has 0 saturated heterocycles. The van der Waals surface area contributed by atoms with E-state index in [-0.39, 0.29) is 5.41 Å². The van der Waals surface area contributed by atoms with Crippen LogP contribution < -0.4 is 5.32 Å². The predicted molar refractivity (Wildman–Crippen MR) is 77.9 cm³/mol. The van der Waals surface area contributed by atoms with E-state index < -0.39 is 0 Å². The summed E-state index contributed by atoms with van der Waals surface area (Å²) < 4.78 is 5.39. The van der Waals surface area contributed by atoms with Crippen LogP contribution in [0.15, 0.2) is 24.3 Å². The first-order valence-electron chi connectivity index (χ1n) is 6.84. The number of nitrogens with one attached hydrogen (secondary N) is 1. The summed E-state index contributed by atoms with van der Waals surface area (Å²) in [6, 6.07) is 9.27. The normalized spacial score (nSPS) is 13.6. The Kier molecular flexibility index (Phi) is 5.83.